The molecule has 1 nitrogen and oxygen atoms in total. The summed E-state index contributed by atoms with van der Waals surface area (Å²) in [6, 6.07) is 5.08. The van der Waals surface area contributed by atoms with Crippen molar-refractivity contribution in [1.82, 2.24) is 5.32 Å². The van der Waals surface area contributed by atoms with E-state index in [1.54, 1.807) is 0 Å². The van der Waals surface area contributed by atoms with E-state index < -0.39 is 0 Å². The normalized spacial score (nSPS) is 17.6. The highest BCUT2D eigenvalue weighted by atomic mass is 14.9. The SMILES string of the molecule is Cc1cc(C)c(C(C)NCCCC2CCCC2)c(C)c1. The largest absolute Gasteiger partial charge is 0.310 e. The summed E-state index contributed by atoms with van der Waals surface area (Å²) in [5.74, 6) is 1.02. The van der Waals surface area contributed by atoms with Crippen molar-refractivity contribution in [2.75, 3.05) is 6.54 Å². The van der Waals surface area contributed by atoms with Crippen LogP contribution in [0.3, 0.4) is 0 Å². The van der Waals surface area contributed by atoms with Crippen LogP contribution in [-0.2, 0) is 0 Å². The molecule has 1 N–H and O–H groups in total. The molecular formula is C19H31N. The molecule has 1 heteroatoms. The zero-order valence-corrected chi connectivity index (χ0v) is 13.8. The maximum atomic E-state index is 3.72. The molecule has 1 saturated carbocycles. The molecule has 1 aromatic rings. The van der Waals surface area contributed by atoms with Gasteiger partial charge in [0.25, 0.3) is 0 Å². The molecule has 0 heterocycles. The molecule has 1 aliphatic carbocycles. The summed E-state index contributed by atoms with van der Waals surface area (Å²) in [5, 5.41) is 3.72. The van der Waals surface area contributed by atoms with Gasteiger partial charge < -0.3 is 5.32 Å². The average molecular weight is 273 g/mol. The summed E-state index contributed by atoms with van der Waals surface area (Å²) >= 11 is 0. The number of nitrogens with one attached hydrogen (secondary N) is 1. The van der Waals surface area contributed by atoms with Crippen LogP contribution in [0.25, 0.3) is 0 Å². The summed E-state index contributed by atoms with van der Waals surface area (Å²) in [4.78, 5) is 0. The van der Waals surface area contributed by atoms with Gasteiger partial charge in [0, 0.05) is 6.04 Å². The van der Waals surface area contributed by atoms with Gasteiger partial charge in [-0.15, -0.1) is 0 Å². The van der Waals surface area contributed by atoms with Crippen LogP contribution in [0.15, 0.2) is 12.1 Å². The smallest absolute Gasteiger partial charge is 0.0297 e. The number of aryl methyl sites for hydroxylation is 3. The van der Waals surface area contributed by atoms with Gasteiger partial charge in [0.1, 0.15) is 0 Å². The number of benzene rings is 1. The van der Waals surface area contributed by atoms with Crippen molar-refractivity contribution in [1.29, 1.82) is 0 Å². The molecule has 0 aromatic heterocycles. The van der Waals surface area contributed by atoms with Gasteiger partial charge >= 0.3 is 0 Å². The van der Waals surface area contributed by atoms with Crippen LogP contribution in [0.5, 0.6) is 0 Å². The zero-order chi connectivity index (χ0) is 14.5. The minimum Gasteiger partial charge on any atom is -0.310 e. The van der Waals surface area contributed by atoms with E-state index in [-0.39, 0.29) is 0 Å². The molecule has 20 heavy (non-hydrogen) atoms. The molecule has 1 atom stereocenters. The third-order valence-corrected chi connectivity index (χ3v) is 4.89. The Balaban J connectivity index is 1.80. The molecule has 0 aliphatic heterocycles. The highest BCUT2D eigenvalue weighted by Gasteiger charge is 2.15. The Morgan fingerprint density at radius 2 is 1.70 bits per heavy atom. The molecule has 112 valence electrons. The molecule has 0 spiro atoms. The summed E-state index contributed by atoms with van der Waals surface area (Å²) in [5.41, 5.74) is 5.73. The fourth-order valence-electron chi connectivity index (χ4n) is 3.98. The van der Waals surface area contributed by atoms with Crippen LogP contribution in [-0.4, -0.2) is 6.54 Å². The molecule has 0 bridgehead atoms. The van der Waals surface area contributed by atoms with Gasteiger partial charge in [-0.05, 0) is 69.7 Å². The van der Waals surface area contributed by atoms with Crippen molar-refractivity contribution >= 4 is 0 Å². The lowest BCUT2D eigenvalue weighted by Crippen LogP contribution is -2.22. The van der Waals surface area contributed by atoms with Gasteiger partial charge in [0.15, 0.2) is 0 Å². The van der Waals surface area contributed by atoms with Gasteiger partial charge in [-0.3, -0.25) is 0 Å². The second-order valence-corrected chi connectivity index (χ2v) is 6.78. The van der Waals surface area contributed by atoms with Crippen LogP contribution < -0.4 is 5.32 Å². The van der Waals surface area contributed by atoms with Crippen LogP contribution in [0.1, 0.15) is 73.7 Å². The topological polar surface area (TPSA) is 12.0 Å². The van der Waals surface area contributed by atoms with Crippen molar-refractivity contribution in [3.05, 3.63) is 34.4 Å². The summed E-state index contributed by atoms with van der Waals surface area (Å²) in [7, 11) is 0. The van der Waals surface area contributed by atoms with Crippen molar-refractivity contribution in [2.24, 2.45) is 5.92 Å². The van der Waals surface area contributed by atoms with Crippen molar-refractivity contribution in [3.8, 4) is 0 Å². The highest BCUT2D eigenvalue weighted by Crippen LogP contribution is 2.28. The van der Waals surface area contributed by atoms with E-state index in [1.165, 1.54) is 60.8 Å². The Morgan fingerprint density at radius 3 is 2.30 bits per heavy atom. The maximum absolute atomic E-state index is 3.72. The van der Waals surface area contributed by atoms with E-state index in [4.69, 9.17) is 0 Å². The predicted molar refractivity (Wildman–Crippen MR) is 88.3 cm³/mol. The molecule has 1 aliphatic rings. The number of rotatable bonds is 6. The van der Waals surface area contributed by atoms with E-state index in [0.717, 1.165) is 12.5 Å². The fraction of sp³-hybridized carbons (Fsp3) is 0.684. The van der Waals surface area contributed by atoms with Crippen molar-refractivity contribution in [3.63, 3.8) is 0 Å². The van der Waals surface area contributed by atoms with Crippen LogP contribution in [0.2, 0.25) is 0 Å². The van der Waals surface area contributed by atoms with Crippen molar-refractivity contribution < 1.29 is 0 Å². The first-order valence-corrected chi connectivity index (χ1v) is 8.39. The molecule has 0 amide bonds. The highest BCUT2D eigenvalue weighted by molar-refractivity contribution is 5.39. The lowest BCUT2D eigenvalue weighted by atomic mass is 9.94. The summed E-state index contributed by atoms with van der Waals surface area (Å²) in [6.45, 7) is 10.1. The molecule has 2 rings (SSSR count). The van der Waals surface area contributed by atoms with Crippen molar-refractivity contribution in [2.45, 2.75) is 72.3 Å². The van der Waals surface area contributed by atoms with Crippen LogP contribution >= 0.6 is 0 Å². The standard InChI is InChI=1S/C19H31N/c1-14-12-15(2)19(16(3)13-14)17(4)20-11-7-10-18-8-5-6-9-18/h12-13,17-18,20H,5-11H2,1-4H3. The predicted octanol–water partition coefficient (Wildman–Crippen LogP) is 5.23. The third kappa shape index (κ3) is 4.09. The lowest BCUT2D eigenvalue weighted by Gasteiger charge is -2.20. The van der Waals surface area contributed by atoms with Crippen LogP contribution in [0.4, 0.5) is 0 Å². The van der Waals surface area contributed by atoms with Gasteiger partial charge in [-0.25, -0.2) is 0 Å². The van der Waals surface area contributed by atoms with E-state index >= 15 is 0 Å². The summed E-state index contributed by atoms with van der Waals surface area (Å²) < 4.78 is 0. The first kappa shape index (κ1) is 15.6. The van der Waals surface area contributed by atoms with E-state index in [2.05, 4.69) is 45.1 Å². The zero-order valence-electron chi connectivity index (χ0n) is 13.8. The van der Waals surface area contributed by atoms with E-state index in [0.29, 0.717) is 6.04 Å². The molecule has 1 aromatic carbocycles. The second-order valence-electron chi connectivity index (χ2n) is 6.78. The molecule has 0 saturated heterocycles. The maximum Gasteiger partial charge on any atom is 0.0297 e. The number of hydrogen-bond donors (Lipinski definition) is 1. The lowest BCUT2D eigenvalue weighted by molar-refractivity contribution is 0.455. The molecule has 1 unspecified atom stereocenters. The first-order valence-electron chi connectivity index (χ1n) is 8.39. The fourth-order valence-corrected chi connectivity index (χ4v) is 3.98. The molecular weight excluding hydrogens is 242 g/mol. The Labute approximate surface area is 125 Å². The molecule has 0 radical (unpaired) electrons. The van der Waals surface area contributed by atoms with Gasteiger partial charge in [-0.2, -0.15) is 0 Å². The first-order chi connectivity index (χ1) is 9.58. The minimum atomic E-state index is 0.471. The quantitative estimate of drug-likeness (QED) is 0.699. The number of hydrogen-bond acceptors (Lipinski definition) is 1. The molecule has 1 fully saturated rings. The third-order valence-electron chi connectivity index (χ3n) is 4.89. The Bertz CT molecular complexity index is 406. The van der Waals surface area contributed by atoms with Crippen LogP contribution in [0, 0.1) is 26.7 Å². The minimum absolute atomic E-state index is 0.471. The van der Waals surface area contributed by atoms with E-state index in [9.17, 15) is 0 Å². The Morgan fingerprint density at radius 1 is 1.10 bits per heavy atom. The monoisotopic (exact) mass is 273 g/mol. The second kappa shape index (κ2) is 7.26. The van der Waals surface area contributed by atoms with Gasteiger partial charge in [-0.1, -0.05) is 43.4 Å². The van der Waals surface area contributed by atoms with Gasteiger partial charge in [0.2, 0.25) is 0 Å². The Kier molecular flexibility index (Phi) is 5.65. The summed E-state index contributed by atoms with van der Waals surface area (Å²) in [6.07, 6.45) is 8.65. The van der Waals surface area contributed by atoms with Gasteiger partial charge in [0.05, 0.1) is 0 Å². The average Bonchev–Trinajstić information content (AvgIpc) is 2.86. The van der Waals surface area contributed by atoms with E-state index in [1.807, 2.05) is 0 Å². The Hall–Kier alpha value is -0.820.